The molecule has 0 atom stereocenters. The van der Waals surface area contributed by atoms with Crippen LogP contribution in [-0.2, 0) is 6.54 Å². The van der Waals surface area contributed by atoms with Crippen LogP contribution in [0.1, 0.15) is 12.7 Å². The first kappa shape index (κ1) is 21.0. The Hall–Kier alpha value is -2.77. The summed E-state index contributed by atoms with van der Waals surface area (Å²) in [5.41, 5.74) is 0.346. The van der Waals surface area contributed by atoms with Crippen LogP contribution < -0.4 is 19.8 Å². The summed E-state index contributed by atoms with van der Waals surface area (Å²) in [5.74, 6) is 2.26. The SMILES string of the molecule is CCN(CCOc1ccccc1Cl)Cc1nc2cc(OC)c(OC)cc2c(=O)[nH]1. The molecule has 8 heteroatoms. The Labute approximate surface area is 174 Å². The number of benzene rings is 2. The van der Waals surface area contributed by atoms with Crippen molar-refractivity contribution in [2.24, 2.45) is 0 Å². The van der Waals surface area contributed by atoms with Crippen LogP contribution >= 0.6 is 11.6 Å². The Balaban J connectivity index is 1.73. The highest BCUT2D eigenvalue weighted by Gasteiger charge is 2.13. The van der Waals surface area contributed by atoms with Gasteiger partial charge in [-0.2, -0.15) is 0 Å². The highest BCUT2D eigenvalue weighted by Crippen LogP contribution is 2.30. The fraction of sp³-hybridized carbons (Fsp3) is 0.333. The summed E-state index contributed by atoms with van der Waals surface area (Å²) in [6, 6.07) is 10.7. The summed E-state index contributed by atoms with van der Waals surface area (Å²) in [4.78, 5) is 22.1. The maximum absolute atomic E-state index is 12.5. The van der Waals surface area contributed by atoms with E-state index in [-0.39, 0.29) is 5.56 Å². The average Bonchev–Trinajstić information content (AvgIpc) is 2.73. The van der Waals surface area contributed by atoms with Gasteiger partial charge in [-0.1, -0.05) is 30.7 Å². The molecule has 1 N–H and O–H groups in total. The number of rotatable bonds is 9. The number of hydrogen-bond acceptors (Lipinski definition) is 6. The fourth-order valence-corrected chi connectivity index (χ4v) is 3.19. The number of para-hydroxylation sites is 1. The molecule has 0 radical (unpaired) electrons. The molecule has 7 nitrogen and oxygen atoms in total. The van der Waals surface area contributed by atoms with Gasteiger partial charge in [0.25, 0.3) is 5.56 Å². The van der Waals surface area contributed by atoms with Gasteiger partial charge in [-0.3, -0.25) is 9.69 Å². The monoisotopic (exact) mass is 417 g/mol. The van der Waals surface area contributed by atoms with Crippen molar-refractivity contribution >= 4 is 22.5 Å². The molecule has 0 spiro atoms. The van der Waals surface area contributed by atoms with Crippen molar-refractivity contribution in [3.63, 3.8) is 0 Å². The van der Waals surface area contributed by atoms with Crippen LogP contribution in [0.2, 0.25) is 5.02 Å². The minimum atomic E-state index is -0.214. The zero-order chi connectivity index (χ0) is 20.8. The maximum Gasteiger partial charge on any atom is 0.258 e. The first-order valence-electron chi connectivity index (χ1n) is 9.30. The van der Waals surface area contributed by atoms with Gasteiger partial charge in [0.05, 0.1) is 36.7 Å². The van der Waals surface area contributed by atoms with E-state index in [1.807, 2.05) is 25.1 Å². The minimum absolute atomic E-state index is 0.214. The summed E-state index contributed by atoms with van der Waals surface area (Å²) in [6.07, 6.45) is 0. The third-order valence-electron chi connectivity index (χ3n) is 4.58. The van der Waals surface area contributed by atoms with Crippen LogP contribution in [0.4, 0.5) is 0 Å². The maximum atomic E-state index is 12.5. The average molecular weight is 418 g/mol. The lowest BCUT2D eigenvalue weighted by Crippen LogP contribution is -2.29. The molecule has 0 amide bonds. The van der Waals surface area contributed by atoms with Crippen LogP contribution in [0.15, 0.2) is 41.2 Å². The molecule has 0 aliphatic carbocycles. The molecule has 2 aromatic carbocycles. The van der Waals surface area contributed by atoms with Crippen LogP contribution in [0.3, 0.4) is 0 Å². The molecule has 0 unspecified atom stereocenters. The van der Waals surface area contributed by atoms with E-state index in [1.165, 1.54) is 7.11 Å². The second-order valence-corrected chi connectivity index (χ2v) is 6.79. The van der Waals surface area contributed by atoms with Crippen molar-refractivity contribution < 1.29 is 14.2 Å². The van der Waals surface area contributed by atoms with Gasteiger partial charge in [0.2, 0.25) is 0 Å². The summed E-state index contributed by atoms with van der Waals surface area (Å²) >= 11 is 6.11. The van der Waals surface area contributed by atoms with E-state index in [9.17, 15) is 4.79 Å². The molecule has 0 saturated carbocycles. The van der Waals surface area contributed by atoms with Crippen LogP contribution in [0.25, 0.3) is 10.9 Å². The van der Waals surface area contributed by atoms with Crippen molar-refractivity contribution in [3.8, 4) is 17.2 Å². The van der Waals surface area contributed by atoms with Gasteiger partial charge >= 0.3 is 0 Å². The van der Waals surface area contributed by atoms with Crippen LogP contribution in [0, 0.1) is 0 Å². The van der Waals surface area contributed by atoms with Gasteiger partial charge in [-0.25, -0.2) is 4.98 Å². The predicted molar refractivity (Wildman–Crippen MR) is 113 cm³/mol. The molecule has 0 fully saturated rings. The van der Waals surface area contributed by atoms with E-state index in [0.717, 1.165) is 6.54 Å². The largest absolute Gasteiger partial charge is 0.493 e. The zero-order valence-electron chi connectivity index (χ0n) is 16.7. The van der Waals surface area contributed by atoms with Gasteiger partial charge in [-0.15, -0.1) is 0 Å². The predicted octanol–water partition coefficient (Wildman–Crippen LogP) is 3.49. The fourth-order valence-electron chi connectivity index (χ4n) is 3.00. The lowest BCUT2D eigenvalue weighted by Gasteiger charge is -2.20. The van der Waals surface area contributed by atoms with Gasteiger partial charge < -0.3 is 19.2 Å². The quantitative estimate of drug-likeness (QED) is 0.574. The van der Waals surface area contributed by atoms with E-state index in [2.05, 4.69) is 14.9 Å². The van der Waals surface area contributed by atoms with E-state index in [4.69, 9.17) is 25.8 Å². The topological polar surface area (TPSA) is 76.7 Å². The molecule has 0 bridgehead atoms. The molecule has 3 rings (SSSR count). The van der Waals surface area contributed by atoms with Gasteiger partial charge in [0.1, 0.15) is 18.2 Å². The van der Waals surface area contributed by atoms with Gasteiger partial charge in [0, 0.05) is 12.6 Å². The number of aromatic amines is 1. The Bertz CT molecular complexity index is 1040. The number of H-pyrrole nitrogens is 1. The summed E-state index contributed by atoms with van der Waals surface area (Å²) < 4.78 is 16.3. The standard InChI is InChI=1S/C21H24ClN3O4/c1-4-25(9-10-29-17-8-6-5-7-15(17)22)13-20-23-16-12-19(28-3)18(27-2)11-14(16)21(26)24-20/h5-8,11-12H,4,9-10,13H2,1-3H3,(H,23,24,26). The normalized spacial score (nSPS) is 11.1. The molecule has 0 aliphatic heterocycles. The second kappa shape index (κ2) is 9.62. The molecule has 0 saturated heterocycles. The number of aromatic nitrogens is 2. The van der Waals surface area contributed by atoms with E-state index < -0.39 is 0 Å². The molecular formula is C21H24ClN3O4. The summed E-state index contributed by atoms with van der Waals surface area (Å²) in [6.45, 7) is 4.44. The smallest absolute Gasteiger partial charge is 0.258 e. The molecule has 1 heterocycles. The second-order valence-electron chi connectivity index (χ2n) is 6.38. The van der Waals surface area contributed by atoms with Gasteiger partial charge in [-0.05, 0) is 24.7 Å². The highest BCUT2D eigenvalue weighted by atomic mass is 35.5. The Morgan fingerprint density at radius 3 is 2.52 bits per heavy atom. The molecule has 3 aromatic rings. The van der Waals surface area contributed by atoms with Crippen LogP contribution in [-0.4, -0.2) is 48.8 Å². The number of methoxy groups -OCH3 is 2. The molecule has 154 valence electrons. The summed E-state index contributed by atoms with van der Waals surface area (Å²) in [7, 11) is 3.08. The van der Waals surface area contributed by atoms with Crippen molar-refractivity contribution in [2.75, 3.05) is 33.9 Å². The Kier molecular flexibility index (Phi) is 6.95. The number of nitrogens with zero attached hydrogens (tertiary/aromatic N) is 2. The van der Waals surface area contributed by atoms with E-state index in [0.29, 0.717) is 58.7 Å². The minimum Gasteiger partial charge on any atom is -0.493 e. The third kappa shape index (κ3) is 4.99. The Morgan fingerprint density at radius 2 is 1.83 bits per heavy atom. The lowest BCUT2D eigenvalue weighted by atomic mass is 10.2. The van der Waals surface area contributed by atoms with Crippen LogP contribution in [0.5, 0.6) is 17.2 Å². The summed E-state index contributed by atoms with van der Waals surface area (Å²) in [5, 5.41) is 1.04. The third-order valence-corrected chi connectivity index (χ3v) is 4.89. The van der Waals surface area contributed by atoms with E-state index in [1.54, 1.807) is 25.3 Å². The number of halogens is 1. The molecule has 29 heavy (non-hydrogen) atoms. The zero-order valence-corrected chi connectivity index (χ0v) is 17.5. The van der Waals surface area contributed by atoms with Crippen molar-refractivity contribution in [3.05, 3.63) is 57.6 Å². The molecule has 0 aliphatic rings. The first-order chi connectivity index (χ1) is 14.0. The molecule has 1 aromatic heterocycles. The number of fused-ring (bicyclic) bond motifs is 1. The highest BCUT2D eigenvalue weighted by molar-refractivity contribution is 6.32. The van der Waals surface area contributed by atoms with Crippen molar-refractivity contribution in [1.29, 1.82) is 0 Å². The lowest BCUT2D eigenvalue weighted by molar-refractivity contribution is 0.207. The van der Waals surface area contributed by atoms with Gasteiger partial charge in [0.15, 0.2) is 11.5 Å². The van der Waals surface area contributed by atoms with E-state index >= 15 is 0 Å². The first-order valence-corrected chi connectivity index (χ1v) is 9.68. The number of hydrogen-bond donors (Lipinski definition) is 1. The van der Waals surface area contributed by atoms with Crippen molar-refractivity contribution in [2.45, 2.75) is 13.5 Å². The van der Waals surface area contributed by atoms with Crippen molar-refractivity contribution in [1.82, 2.24) is 14.9 Å². The Morgan fingerprint density at radius 1 is 1.10 bits per heavy atom. The molecular weight excluding hydrogens is 394 g/mol. The number of ether oxygens (including phenoxy) is 3. The number of likely N-dealkylation sites (N-methyl/N-ethyl adjacent to an activating group) is 1. The number of nitrogens with one attached hydrogen (secondary N) is 1.